The lowest BCUT2D eigenvalue weighted by Gasteiger charge is -2.40. The van der Waals surface area contributed by atoms with E-state index in [9.17, 15) is 14.7 Å². The third kappa shape index (κ3) is 2.52. The molecule has 1 saturated carbocycles. The van der Waals surface area contributed by atoms with Gasteiger partial charge < -0.3 is 19.5 Å². The van der Waals surface area contributed by atoms with Gasteiger partial charge in [0.05, 0.1) is 19.8 Å². The Morgan fingerprint density at radius 3 is 2.67 bits per heavy atom. The molecule has 4 atom stereocenters. The molecular weight excluding hydrogens is 346 g/mol. The average Bonchev–Trinajstić information content (AvgIpc) is 2.98. The van der Waals surface area contributed by atoms with Crippen LogP contribution in [0.15, 0.2) is 12.1 Å². The van der Waals surface area contributed by atoms with Crippen molar-refractivity contribution in [2.45, 2.75) is 44.6 Å². The van der Waals surface area contributed by atoms with E-state index in [1.165, 1.54) is 5.56 Å². The average molecular weight is 373 g/mol. The van der Waals surface area contributed by atoms with Crippen molar-refractivity contribution in [3.63, 3.8) is 0 Å². The van der Waals surface area contributed by atoms with Crippen LogP contribution in [0, 0.1) is 17.8 Å². The fraction of sp³-hybridized carbons (Fsp3) is 0.619. The minimum atomic E-state index is -0.782. The van der Waals surface area contributed by atoms with Crippen molar-refractivity contribution in [2.75, 3.05) is 20.8 Å². The highest BCUT2D eigenvalue weighted by Crippen LogP contribution is 2.61. The van der Waals surface area contributed by atoms with Crippen molar-refractivity contribution in [1.29, 1.82) is 0 Å². The van der Waals surface area contributed by atoms with Gasteiger partial charge in [0.25, 0.3) is 0 Å². The van der Waals surface area contributed by atoms with E-state index in [1.54, 1.807) is 14.2 Å². The highest BCUT2D eigenvalue weighted by atomic mass is 16.5. The summed E-state index contributed by atoms with van der Waals surface area (Å²) in [5.41, 5.74) is 1.91. The molecule has 1 spiro atoms. The predicted octanol–water partition coefficient (Wildman–Crippen LogP) is 2.82. The molecule has 1 N–H and O–H groups in total. The number of methoxy groups -OCH3 is 2. The number of carbonyl (C=O) groups excluding carboxylic acids is 1. The van der Waals surface area contributed by atoms with Crippen molar-refractivity contribution in [1.82, 2.24) is 4.90 Å². The second-order valence-electron chi connectivity index (χ2n) is 8.19. The number of aryl methyl sites for hydroxylation is 1. The molecule has 1 saturated heterocycles. The van der Waals surface area contributed by atoms with Gasteiger partial charge in [0, 0.05) is 19.4 Å². The van der Waals surface area contributed by atoms with Crippen LogP contribution in [0.1, 0.15) is 43.7 Å². The Morgan fingerprint density at radius 2 is 2.00 bits per heavy atom. The molecule has 1 aromatic carbocycles. The van der Waals surface area contributed by atoms with Crippen LogP contribution in [0.3, 0.4) is 0 Å². The first-order valence-electron chi connectivity index (χ1n) is 9.70. The quantitative estimate of drug-likeness (QED) is 0.878. The maximum absolute atomic E-state index is 12.9. The Kier molecular flexibility index (Phi) is 4.32. The molecule has 2 fully saturated rings. The first-order valence-corrected chi connectivity index (χ1v) is 9.70. The van der Waals surface area contributed by atoms with Crippen molar-refractivity contribution >= 4 is 11.9 Å². The van der Waals surface area contributed by atoms with Gasteiger partial charge in [0.15, 0.2) is 11.5 Å². The van der Waals surface area contributed by atoms with Crippen molar-refractivity contribution in [3.05, 3.63) is 23.3 Å². The van der Waals surface area contributed by atoms with Crippen LogP contribution in [0.25, 0.3) is 0 Å². The smallest absolute Gasteiger partial charge is 0.303 e. The Morgan fingerprint density at radius 1 is 1.30 bits per heavy atom. The van der Waals surface area contributed by atoms with Gasteiger partial charge in [0.1, 0.15) is 0 Å². The number of carboxylic acid groups (broad SMARTS) is 1. The summed E-state index contributed by atoms with van der Waals surface area (Å²) >= 11 is 0. The van der Waals surface area contributed by atoms with Crippen molar-refractivity contribution in [2.24, 2.45) is 17.8 Å². The number of carbonyl (C=O) groups is 2. The molecule has 1 aliphatic carbocycles. The van der Waals surface area contributed by atoms with Crippen LogP contribution in [0.5, 0.6) is 11.5 Å². The minimum absolute atomic E-state index is 0.00972. The van der Waals surface area contributed by atoms with E-state index in [4.69, 9.17) is 9.47 Å². The van der Waals surface area contributed by atoms with Gasteiger partial charge in [-0.3, -0.25) is 9.59 Å². The lowest BCUT2D eigenvalue weighted by Crippen LogP contribution is -2.45. The second-order valence-corrected chi connectivity index (χ2v) is 8.19. The number of carboxylic acids is 1. The van der Waals surface area contributed by atoms with Crippen LogP contribution in [-0.4, -0.2) is 42.6 Å². The topological polar surface area (TPSA) is 76.1 Å². The molecule has 6 heteroatoms. The molecule has 6 nitrogen and oxygen atoms in total. The summed E-state index contributed by atoms with van der Waals surface area (Å²) in [6.45, 7) is 2.86. The van der Waals surface area contributed by atoms with Crippen LogP contribution in [-0.2, 0) is 21.5 Å². The van der Waals surface area contributed by atoms with Gasteiger partial charge in [-0.2, -0.15) is 0 Å². The number of nitrogens with zero attached hydrogens (tertiary/aromatic N) is 1. The highest BCUT2D eigenvalue weighted by molar-refractivity contribution is 5.82. The molecule has 0 aromatic heterocycles. The zero-order valence-electron chi connectivity index (χ0n) is 16.2. The summed E-state index contributed by atoms with van der Waals surface area (Å²) < 4.78 is 11.1. The third-order valence-electron chi connectivity index (χ3n) is 6.99. The number of hydrogen-bond acceptors (Lipinski definition) is 4. The van der Waals surface area contributed by atoms with Gasteiger partial charge in [0.2, 0.25) is 5.91 Å². The Hall–Kier alpha value is -2.24. The van der Waals surface area contributed by atoms with Crippen LogP contribution in [0.2, 0.25) is 0 Å². The van der Waals surface area contributed by atoms with Gasteiger partial charge in [-0.25, -0.2) is 0 Å². The van der Waals surface area contributed by atoms with Crippen LogP contribution >= 0.6 is 0 Å². The Bertz CT molecular complexity index is 791. The maximum atomic E-state index is 12.9. The molecular formula is C21H27NO5. The number of rotatable bonds is 4. The standard InChI is InChI=1S/C21H27NO5/c1-12-11-21-15-9-18(27-3)17(26-2)7-13(15)5-4-6-22(21)19(23)10-16(21)14(12)8-20(24)25/h7,9,12,14,16H,4-6,8,10-11H2,1-3H3,(H,24,25)/t12-,14+,16-,21-/m0/s1. The number of ether oxygens (including phenoxy) is 2. The first-order chi connectivity index (χ1) is 12.9. The van der Waals surface area contributed by atoms with E-state index >= 15 is 0 Å². The molecule has 146 valence electrons. The van der Waals surface area contributed by atoms with E-state index in [0.717, 1.165) is 31.4 Å². The van der Waals surface area contributed by atoms with Gasteiger partial charge in [-0.05, 0) is 60.3 Å². The zero-order chi connectivity index (χ0) is 19.3. The highest BCUT2D eigenvalue weighted by Gasteiger charge is 2.63. The lowest BCUT2D eigenvalue weighted by atomic mass is 9.76. The number of fused-ring (bicyclic) bond motifs is 1. The predicted molar refractivity (Wildman–Crippen MR) is 98.9 cm³/mol. The summed E-state index contributed by atoms with van der Waals surface area (Å²) in [6, 6.07) is 4.08. The molecule has 27 heavy (non-hydrogen) atoms. The summed E-state index contributed by atoms with van der Waals surface area (Å²) in [4.78, 5) is 26.5. The zero-order valence-corrected chi connectivity index (χ0v) is 16.2. The summed E-state index contributed by atoms with van der Waals surface area (Å²) in [6.07, 6.45) is 3.16. The fourth-order valence-corrected chi connectivity index (χ4v) is 5.98. The normalized spacial score (nSPS) is 31.7. The Labute approximate surface area is 159 Å². The lowest BCUT2D eigenvalue weighted by molar-refractivity contribution is -0.139. The molecule has 0 radical (unpaired) electrons. The van der Waals surface area contributed by atoms with E-state index < -0.39 is 11.5 Å². The number of amides is 1. The molecule has 3 aliphatic rings. The monoisotopic (exact) mass is 373 g/mol. The van der Waals surface area contributed by atoms with Crippen LogP contribution < -0.4 is 9.47 Å². The molecule has 4 rings (SSSR count). The number of benzene rings is 1. The SMILES string of the molecule is COc1cc2c(cc1OC)[C@@]13C[C@H](C)[C@@H](CC(=O)O)[C@@H]1CC(=O)N3CCC2. The largest absolute Gasteiger partial charge is 0.493 e. The van der Waals surface area contributed by atoms with Gasteiger partial charge in [-0.1, -0.05) is 6.92 Å². The number of hydrogen-bond donors (Lipinski definition) is 1. The second kappa shape index (κ2) is 6.43. The molecule has 2 aliphatic heterocycles. The van der Waals surface area contributed by atoms with Crippen molar-refractivity contribution in [3.8, 4) is 11.5 Å². The molecule has 0 bridgehead atoms. The summed E-state index contributed by atoms with van der Waals surface area (Å²) in [7, 11) is 3.26. The van der Waals surface area contributed by atoms with Crippen molar-refractivity contribution < 1.29 is 24.2 Å². The summed E-state index contributed by atoms with van der Waals surface area (Å²) in [5.74, 6) is 1.04. The van der Waals surface area contributed by atoms with E-state index in [0.29, 0.717) is 17.9 Å². The minimum Gasteiger partial charge on any atom is -0.493 e. The molecule has 1 aromatic rings. The number of aliphatic carboxylic acids is 1. The maximum Gasteiger partial charge on any atom is 0.303 e. The van der Waals surface area contributed by atoms with E-state index in [-0.39, 0.29) is 30.1 Å². The summed E-state index contributed by atoms with van der Waals surface area (Å²) in [5, 5.41) is 9.44. The molecule has 1 amide bonds. The van der Waals surface area contributed by atoms with Gasteiger partial charge >= 0.3 is 5.97 Å². The molecule has 2 heterocycles. The fourth-order valence-electron chi connectivity index (χ4n) is 5.98. The Balaban J connectivity index is 1.90. The third-order valence-corrected chi connectivity index (χ3v) is 6.99. The van der Waals surface area contributed by atoms with Gasteiger partial charge in [-0.15, -0.1) is 0 Å². The molecule has 0 unspecified atom stereocenters. The van der Waals surface area contributed by atoms with Crippen LogP contribution in [0.4, 0.5) is 0 Å². The van der Waals surface area contributed by atoms with E-state index in [1.807, 2.05) is 17.0 Å². The first kappa shape index (κ1) is 18.1. The van der Waals surface area contributed by atoms with E-state index in [2.05, 4.69) is 6.92 Å².